The number of halogens is 1. The highest BCUT2D eigenvalue weighted by Crippen LogP contribution is 2.31. The third-order valence-corrected chi connectivity index (χ3v) is 3.13. The fourth-order valence-electron chi connectivity index (χ4n) is 1.80. The van der Waals surface area contributed by atoms with Gasteiger partial charge in [-0.1, -0.05) is 37.6 Å². The summed E-state index contributed by atoms with van der Waals surface area (Å²) in [7, 11) is 0. The maximum absolute atomic E-state index is 6.09. The quantitative estimate of drug-likeness (QED) is 0.852. The van der Waals surface area contributed by atoms with Crippen molar-refractivity contribution in [3.05, 3.63) is 34.5 Å². The Balaban J connectivity index is 2.58. The molecule has 0 spiro atoms. The number of nitrogen functional groups attached to an aromatic ring is 1. The van der Waals surface area contributed by atoms with E-state index >= 15 is 0 Å². The van der Waals surface area contributed by atoms with Gasteiger partial charge >= 0.3 is 0 Å². The van der Waals surface area contributed by atoms with Crippen molar-refractivity contribution in [2.45, 2.75) is 26.7 Å². The van der Waals surface area contributed by atoms with E-state index in [-0.39, 0.29) is 0 Å². The summed E-state index contributed by atoms with van der Waals surface area (Å²) in [5, 5.41) is 0.492. The van der Waals surface area contributed by atoms with E-state index in [1.54, 1.807) is 0 Å². The summed E-state index contributed by atoms with van der Waals surface area (Å²) in [6.07, 6.45) is 0. The molecule has 0 saturated carbocycles. The molecular formula is C13H16ClN3. The number of H-pyrrole nitrogens is 1. The molecule has 0 fully saturated rings. The normalized spacial score (nSPS) is 11.1. The third-order valence-electron chi connectivity index (χ3n) is 2.86. The van der Waals surface area contributed by atoms with Crippen molar-refractivity contribution in [3.8, 4) is 11.3 Å². The molecule has 1 heterocycles. The number of benzene rings is 1. The third kappa shape index (κ3) is 2.29. The van der Waals surface area contributed by atoms with Gasteiger partial charge in [0.15, 0.2) is 5.95 Å². The average Bonchev–Trinajstić information content (AvgIpc) is 2.58. The maximum atomic E-state index is 6.09. The summed E-state index contributed by atoms with van der Waals surface area (Å²) in [4.78, 5) is 7.05. The minimum absolute atomic E-state index is 0.347. The molecule has 0 bridgehead atoms. The molecule has 90 valence electrons. The van der Waals surface area contributed by atoms with Crippen LogP contribution in [0.2, 0.25) is 5.15 Å². The summed E-state index contributed by atoms with van der Waals surface area (Å²) in [5.74, 6) is 0.823. The van der Waals surface area contributed by atoms with Crippen LogP contribution in [-0.2, 0) is 0 Å². The lowest BCUT2D eigenvalue weighted by Gasteiger charge is -2.10. The molecule has 0 aliphatic heterocycles. The lowest BCUT2D eigenvalue weighted by atomic mass is 9.96. The molecule has 0 unspecified atom stereocenters. The van der Waals surface area contributed by atoms with Crippen molar-refractivity contribution in [1.29, 1.82) is 0 Å². The van der Waals surface area contributed by atoms with Crippen molar-refractivity contribution in [2.75, 3.05) is 5.73 Å². The molecule has 1 aromatic heterocycles. The maximum Gasteiger partial charge on any atom is 0.199 e. The number of aryl methyl sites for hydroxylation is 1. The van der Waals surface area contributed by atoms with Crippen molar-refractivity contribution in [3.63, 3.8) is 0 Å². The smallest absolute Gasteiger partial charge is 0.199 e. The second-order valence-electron chi connectivity index (χ2n) is 4.51. The lowest BCUT2D eigenvalue weighted by molar-refractivity contribution is 0.866. The molecule has 0 atom stereocenters. The molecule has 3 nitrogen and oxygen atoms in total. The zero-order valence-electron chi connectivity index (χ0n) is 10.2. The molecule has 0 amide bonds. The molecule has 2 rings (SSSR count). The molecule has 1 aromatic carbocycles. The zero-order chi connectivity index (χ0) is 12.6. The van der Waals surface area contributed by atoms with Gasteiger partial charge in [-0.05, 0) is 30.0 Å². The Morgan fingerprint density at radius 3 is 2.59 bits per heavy atom. The van der Waals surface area contributed by atoms with Crippen LogP contribution in [0, 0.1) is 6.92 Å². The minimum Gasteiger partial charge on any atom is -0.369 e. The summed E-state index contributed by atoms with van der Waals surface area (Å²) in [5.41, 5.74) is 9.78. The number of hydrogen-bond acceptors (Lipinski definition) is 2. The first-order chi connectivity index (χ1) is 7.99. The fourth-order valence-corrected chi connectivity index (χ4v) is 2.04. The Hall–Kier alpha value is -1.48. The van der Waals surface area contributed by atoms with Gasteiger partial charge in [-0.25, -0.2) is 4.98 Å². The Labute approximate surface area is 106 Å². The Kier molecular flexibility index (Phi) is 3.11. The molecule has 0 radical (unpaired) electrons. The van der Waals surface area contributed by atoms with Gasteiger partial charge < -0.3 is 10.7 Å². The molecule has 3 N–H and O–H groups in total. The van der Waals surface area contributed by atoms with E-state index in [1.807, 2.05) is 6.92 Å². The van der Waals surface area contributed by atoms with Crippen molar-refractivity contribution < 1.29 is 0 Å². The lowest BCUT2D eigenvalue weighted by Crippen LogP contribution is -1.92. The van der Waals surface area contributed by atoms with Gasteiger partial charge in [0.25, 0.3) is 0 Å². The van der Waals surface area contributed by atoms with Crippen LogP contribution in [0.25, 0.3) is 11.3 Å². The number of nitrogens with zero attached hydrogens (tertiary/aromatic N) is 1. The number of hydrogen-bond donors (Lipinski definition) is 2. The Morgan fingerprint density at radius 1 is 1.35 bits per heavy atom. The number of nitrogens with two attached hydrogens (primary N) is 1. The second kappa shape index (κ2) is 4.41. The van der Waals surface area contributed by atoms with Gasteiger partial charge in [0.2, 0.25) is 0 Å². The molecule has 17 heavy (non-hydrogen) atoms. The molecule has 0 aliphatic carbocycles. The largest absolute Gasteiger partial charge is 0.369 e. The van der Waals surface area contributed by atoms with Gasteiger partial charge in [-0.15, -0.1) is 0 Å². The number of nitrogens with one attached hydrogen (secondary N) is 1. The summed E-state index contributed by atoms with van der Waals surface area (Å²) < 4.78 is 0. The van der Waals surface area contributed by atoms with Gasteiger partial charge in [-0.3, -0.25) is 0 Å². The van der Waals surface area contributed by atoms with Crippen LogP contribution in [-0.4, -0.2) is 9.97 Å². The fraction of sp³-hybridized carbons (Fsp3) is 0.308. The van der Waals surface area contributed by atoms with Crippen molar-refractivity contribution in [1.82, 2.24) is 9.97 Å². The minimum atomic E-state index is 0.347. The van der Waals surface area contributed by atoms with E-state index in [9.17, 15) is 0 Å². The van der Waals surface area contributed by atoms with Crippen molar-refractivity contribution >= 4 is 17.5 Å². The van der Waals surface area contributed by atoms with Crippen LogP contribution in [0.3, 0.4) is 0 Å². The highest BCUT2D eigenvalue weighted by molar-refractivity contribution is 6.32. The number of aromatic amines is 1. The number of anilines is 1. The first kappa shape index (κ1) is 12.0. The van der Waals surface area contributed by atoms with E-state index in [4.69, 9.17) is 17.3 Å². The van der Waals surface area contributed by atoms with E-state index in [0.717, 1.165) is 16.8 Å². The highest BCUT2D eigenvalue weighted by atomic mass is 35.5. The van der Waals surface area contributed by atoms with Crippen LogP contribution < -0.4 is 5.73 Å². The molecular weight excluding hydrogens is 234 g/mol. The van der Waals surface area contributed by atoms with Gasteiger partial charge in [0.1, 0.15) is 10.8 Å². The predicted molar refractivity (Wildman–Crippen MR) is 72.3 cm³/mol. The summed E-state index contributed by atoms with van der Waals surface area (Å²) in [6, 6.07) is 6.35. The van der Waals surface area contributed by atoms with E-state index < -0.39 is 0 Å². The number of rotatable bonds is 2. The highest BCUT2D eigenvalue weighted by Gasteiger charge is 2.12. The second-order valence-corrected chi connectivity index (χ2v) is 4.89. The molecule has 0 aliphatic rings. The summed E-state index contributed by atoms with van der Waals surface area (Å²) >= 11 is 6.09. The Morgan fingerprint density at radius 2 is 2.06 bits per heavy atom. The SMILES string of the molecule is Cc1ccc(C(C)C)cc1-c1nc(N)[nH]c1Cl. The van der Waals surface area contributed by atoms with Gasteiger partial charge in [-0.2, -0.15) is 0 Å². The van der Waals surface area contributed by atoms with Crippen LogP contribution in [0.4, 0.5) is 5.95 Å². The molecule has 4 heteroatoms. The molecule has 2 aromatic rings. The zero-order valence-corrected chi connectivity index (χ0v) is 11.0. The summed E-state index contributed by atoms with van der Waals surface area (Å²) in [6.45, 7) is 6.37. The van der Waals surface area contributed by atoms with E-state index in [1.165, 1.54) is 5.56 Å². The number of aromatic nitrogens is 2. The van der Waals surface area contributed by atoms with E-state index in [0.29, 0.717) is 17.0 Å². The Bertz CT molecular complexity index is 544. The van der Waals surface area contributed by atoms with Crippen LogP contribution >= 0.6 is 11.6 Å². The molecule has 0 saturated heterocycles. The van der Waals surface area contributed by atoms with Crippen LogP contribution in [0.15, 0.2) is 18.2 Å². The monoisotopic (exact) mass is 249 g/mol. The van der Waals surface area contributed by atoms with Gasteiger partial charge in [0, 0.05) is 5.56 Å². The standard InChI is InChI=1S/C13H16ClN3/c1-7(2)9-5-4-8(3)10(6-9)11-12(14)17-13(15)16-11/h4-7H,1-3H3,(H3,15,16,17). The topological polar surface area (TPSA) is 54.7 Å². The number of imidazole rings is 1. The van der Waals surface area contributed by atoms with Gasteiger partial charge in [0.05, 0.1) is 0 Å². The van der Waals surface area contributed by atoms with E-state index in [2.05, 4.69) is 42.0 Å². The average molecular weight is 250 g/mol. The predicted octanol–water partition coefficient (Wildman–Crippen LogP) is 3.74. The first-order valence-electron chi connectivity index (χ1n) is 5.61. The van der Waals surface area contributed by atoms with Crippen LogP contribution in [0.5, 0.6) is 0 Å². The van der Waals surface area contributed by atoms with Crippen molar-refractivity contribution in [2.24, 2.45) is 0 Å². The van der Waals surface area contributed by atoms with Crippen LogP contribution in [0.1, 0.15) is 30.9 Å². The first-order valence-corrected chi connectivity index (χ1v) is 5.98.